The highest BCUT2D eigenvalue weighted by molar-refractivity contribution is 14.1. The second kappa shape index (κ2) is 6.10. The zero-order valence-electron chi connectivity index (χ0n) is 9.09. The summed E-state index contributed by atoms with van der Waals surface area (Å²) in [5.74, 6) is 0.182. The van der Waals surface area contributed by atoms with Crippen LogP contribution in [-0.2, 0) is 11.2 Å². The molecule has 0 aliphatic heterocycles. The molecule has 0 saturated heterocycles. The van der Waals surface area contributed by atoms with Gasteiger partial charge in [0.25, 0.3) is 0 Å². The van der Waals surface area contributed by atoms with Gasteiger partial charge in [-0.15, -0.1) is 0 Å². The smallest absolute Gasteiger partial charge is 0.223 e. The van der Waals surface area contributed by atoms with Crippen molar-refractivity contribution in [1.82, 2.24) is 5.32 Å². The highest BCUT2D eigenvalue weighted by Gasteiger charge is 2.11. The Bertz CT molecular complexity index is 321. The number of nitrogens with one attached hydrogen (secondary N) is 1. The summed E-state index contributed by atoms with van der Waals surface area (Å²) < 4.78 is 1.22. The lowest BCUT2D eigenvalue weighted by atomic mass is 10.0. The van der Waals surface area contributed by atoms with Gasteiger partial charge in [0.15, 0.2) is 0 Å². The summed E-state index contributed by atoms with van der Waals surface area (Å²) in [5, 5.41) is 2.84. The molecule has 1 rings (SSSR count). The summed E-state index contributed by atoms with van der Waals surface area (Å²) in [4.78, 5) is 11.5. The van der Waals surface area contributed by atoms with Crippen molar-refractivity contribution in [2.45, 2.75) is 20.3 Å². The number of halogens is 1. The van der Waals surface area contributed by atoms with Gasteiger partial charge in [0, 0.05) is 16.0 Å². The maximum absolute atomic E-state index is 11.5. The van der Waals surface area contributed by atoms with Crippen molar-refractivity contribution < 1.29 is 4.79 Å². The second-order valence-electron chi connectivity index (χ2n) is 3.63. The monoisotopic (exact) mass is 317 g/mol. The Labute approximate surface area is 105 Å². The molecule has 0 aliphatic rings. The first-order valence-corrected chi connectivity index (χ1v) is 6.23. The van der Waals surface area contributed by atoms with E-state index in [4.69, 9.17) is 0 Å². The third-order valence-electron chi connectivity index (χ3n) is 2.25. The van der Waals surface area contributed by atoms with Crippen molar-refractivity contribution in [3.63, 3.8) is 0 Å². The fourth-order valence-electron chi connectivity index (χ4n) is 1.42. The first kappa shape index (κ1) is 12.5. The lowest BCUT2D eigenvalue weighted by molar-refractivity contribution is -0.124. The molecular formula is C12H16INO. The van der Waals surface area contributed by atoms with Gasteiger partial charge in [0.1, 0.15) is 0 Å². The Kier molecular flexibility index (Phi) is 5.08. The molecule has 3 heteroatoms. The third-order valence-corrected chi connectivity index (χ3v) is 2.97. The molecule has 0 saturated carbocycles. The molecule has 0 aliphatic carbocycles. The van der Waals surface area contributed by atoms with Crippen molar-refractivity contribution in [2.24, 2.45) is 5.92 Å². The molecular weight excluding hydrogens is 301 g/mol. The molecule has 2 nitrogen and oxygen atoms in total. The third kappa shape index (κ3) is 4.20. The highest BCUT2D eigenvalue weighted by Crippen LogP contribution is 2.11. The van der Waals surface area contributed by atoms with Crippen LogP contribution in [0.1, 0.15) is 19.4 Å². The van der Waals surface area contributed by atoms with Crippen LogP contribution in [0.4, 0.5) is 0 Å². The number of amides is 1. The van der Waals surface area contributed by atoms with Crippen LogP contribution >= 0.6 is 22.6 Å². The molecule has 0 radical (unpaired) electrons. The number of benzene rings is 1. The van der Waals surface area contributed by atoms with Gasteiger partial charge < -0.3 is 5.32 Å². The predicted octanol–water partition coefficient (Wildman–Crippen LogP) is 2.61. The van der Waals surface area contributed by atoms with E-state index in [1.54, 1.807) is 0 Å². The summed E-state index contributed by atoms with van der Waals surface area (Å²) in [6, 6.07) is 8.30. The van der Waals surface area contributed by atoms with E-state index in [0.717, 1.165) is 6.42 Å². The number of rotatable bonds is 4. The average Bonchev–Trinajstić information content (AvgIpc) is 2.22. The second-order valence-corrected chi connectivity index (χ2v) is 4.87. The van der Waals surface area contributed by atoms with Crippen LogP contribution in [0.2, 0.25) is 0 Å². The first-order chi connectivity index (χ1) is 7.13. The molecule has 1 aromatic carbocycles. The van der Waals surface area contributed by atoms with E-state index < -0.39 is 0 Å². The Morgan fingerprint density at radius 1 is 1.40 bits per heavy atom. The van der Waals surface area contributed by atoms with Crippen LogP contribution in [0, 0.1) is 9.49 Å². The van der Waals surface area contributed by atoms with E-state index >= 15 is 0 Å². The van der Waals surface area contributed by atoms with Crippen LogP contribution in [-0.4, -0.2) is 12.5 Å². The summed E-state index contributed by atoms with van der Waals surface area (Å²) in [6.45, 7) is 4.61. The quantitative estimate of drug-likeness (QED) is 0.850. The normalized spacial score (nSPS) is 12.2. The highest BCUT2D eigenvalue weighted by atomic mass is 127. The van der Waals surface area contributed by atoms with Crippen LogP contribution in [0.15, 0.2) is 24.3 Å². The minimum Gasteiger partial charge on any atom is -0.356 e. The zero-order chi connectivity index (χ0) is 11.3. The summed E-state index contributed by atoms with van der Waals surface area (Å²) in [5.41, 5.74) is 1.22. The number of carbonyl (C=O) groups is 1. The number of hydrogen-bond acceptors (Lipinski definition) is 1. The van der Waals surface area contributed by atoms with Crippen LogP contribution in [0.3, 0.4) is 0 Å². The van der Waals surface area contributed by atoms with Gasteiger partial charge in [0.2, 0.25) is 5.91 Å². The predicted molar refractivity (Wildman–Crippen MR) is 70.7 cm³/mol. The van der Waals surface area contributed by atoms with E-state index in [-0.39, 0.29) is 11.8 Å². The standard InChI is InChI=1S/C12H16INO/c1-3-14-12(15)9(2)8-10-4-6-11(13)7-5-10/h4-7,9H,3,8H2,1-2H3,(H,14,15). The number of hydrogen-bond donors (Lipinski definition) is 1. The first-order valence-electron chi connectivity index (χ1n) is 5.15. The fraction of sp³-hybridized carbons (Fsp3) is 0.417. The van der Waals surface area contributed by atoms with Gasteiger partial charge in [0.05, 0.1) is 0 Å². The molecule has 0 aromatic heterocycles. The van der Waals surface area contributed by atoms with Gasteiger partial charge in [-0.05, 0) is 53.6 Å². The Hall–Kier alpha value is -0.580. The summed E-state index contributed by atoms with van der Waals surface area (Å²) in [7, 11) is 0. The molecule has 82 valence electrons. The zero-order valence-corrected chi connectivity index (χ0v) is 11.2. The molecule has 0 fully saturated rings. The van der Waals surface area contributed by atoms with Gasteiger partial charge in [-0.3, -0.25) is 4.79 Å². The Balaban J connectivity index is 2.54. The Morgan fingerprint density at radius 2 is 2.00 bits per heavy atom. The largest absolute Gasteiger partial charge is 0.356 e. The van der Waals surface area contributed by atoms with E-state index in [9.17, 15) is 4.79 Å². The molecule has 1 atom stereocenters. The van der Waals surface area contributed by atoms with E-state index in [2.05, 4.69) is 52.2 Å². The molecule has 1 aromatic rings. The van der Waals surface area contributed by atoms with Crippen LogP contribution in [0.25, 0.3) is 0 Å². The van der Waals surface area contributed by atoms with Crippen LogP contribution in [0.5, 0.6) is 0 Å². The lowest BCUT2D eigenvalue weighted by Crippen LogP contribution is -2.29. The van der Waals surface area contributed by atoms with Crippen molar-refractivity contribution in [2.75, 3.05) is 6.54 Å². The van der Waals surface area contributed by atoms with Crippen molar-refractivity contribution >= 4 is 28.5 Å². The van der Waals surface area contributed by atoms with Crippen molar-refractivity contribution in [3.8, 4) is 0 Å². The molecule has 1 unspecified atom stereocenters. The topological polar surface area (TPSA) is 29.1 Å². The molecule has 0 heterocycles. The van der Waals surface area contributed by atoms with Gasteiger partial charge in [-0.2, -0.15) is 0 Å². The van der Waals surface area contributed by atoms with E-state index in [1.807, 2.05) is 13.8 Å². The lowest BCUT2D eigenvalue weighted by Gasteiger charge is -2.10. The van der Waals surface area contributed by atoms with Crippen molar-refractivity contribution in [3.05, 3.63) is 33.4 Å². The molecule has 0 spiro atoms. The molecule has 15 heavy (non-hydrogen) atoms. The van der Waals surface area contributed by atoms with Gasteiger partial charge >= 0.3 is 0 Å². The minimum absolute atomic E-state index is 0.0463. The number of carbonyl (C=O) groups excluding carboxylic acids is 1. The minimum atomic E-state index is 0.0463. The van der Waals surface area contributed by atoms with Gasteiger partial charge in [-0.25, -0.2) is 0 Å². The van der Waals surface area contributed by atoms with Crippen LogP contribution < -0.4 is 5.32 Å². The average molecular weight is 317 g/mol. The SMILES string of the molecule is CCNC(=O)C(C)Cc1ccc(I)cc1. The van der Waals surface area contributed by atoms with E-state index in [1.165, 1.54) is 9.13 Å². The molecule has 0 bridgehead atoms. The Morgan fingerprint density at radius 3 is 2.53 bits per heavy atom. The fourth-order valence-corrected chi connectivity index (χ4v) is 1.77. The summed E-state index contributed by atoms with van der Waals surface area (Å²) in [6.07, 6.45) is 0.808. The molecule has 1 N–H and O–H groups in total. The molecule has 1 amide bonds. The van der Waals surface area contributed by atoms with Crippen molar-refractivity contribution in [1.29, 1.82) is 0 Å². The maximum atomic E-state index is 11.5. The summed E-state index contributed by atoms with van der Waals surface area (Å²) >= 11 is 2.28. The maximum Gasteiger partial charge on any atom is 0.223 e. The van der Waals surface area contributed by atoms with E-state index in [0.29, 0.717) is 6.54 Å². The van der Waals surface area contributed by atoms with Gasteiger partial charge in [-0.1, -0.05) is 19.1 Å².